The van der Waals surface area contributed by atoms with Crippen LogP contribution < -0.4 is 20.3 Å². The number of anilines is 3. The Morgan fingerprint density at radius 1 is 1.26 bits per heavy atom. The quantitative estimate of drug-likeness (QED) is 0.322. The van der Waals surface area contributed by atoms with Gasteiger partial charge in [-0.25, -0.2) is 24.5 Å². The van der Waals surface area contributed by atoms with Crippen molar-refractivity contribution in [2.75, 3.05) is 37.4 Å². The second-order valence-corrected chi connectivity index (χ2v) is 5.07. The molecule has 0 bridgehead atoms. The first-order valence-corrected chi connectivity index (χ1v) is 8.02. The lowest BCUT2D eigenvalue weighted by molar-refractivity contribution is -0.0259. The van der Waals surface area contributed by atoms with Gasteiger partial charge < -0.3 is 24.3 Å². The molecule has 0 saturated carbocycles. The van der Waals surface area contributed by atoms with Crippen molar-refractivity contribution in [2.24, 2.45) is 0 Å². The lowest BCUT2D eigenvalue weighted by Crippen LogP contribution is -2.15. The maximum Gasteiger partial charge on any atom is 0.510 e. The highest BCUT2D eigenvalue weighted by Gasteiger charge is 2.13. The number of ether oxygens (including phenoxy) is 4. The minimum Gasteiger partial charge on any atom is -0.486 e. The predicted octanol–water partition coefficient (Wildman–Crippen LogP) is 2.60. The van der Waals surface area contributed by atoms with E-state index in [2.05, 4.69) is 30.2 Å². The molecule has 0 radical (unpaired) electrons. The van der Waals surface area contributed by atoms with Crippen molar-refractivity contribution in [3.63, 3.8) is 0 Å². The van der Waals surface area contributed by atoms with Crippen molar-refractivity contribution >= 4 is 23.6 Å². The largest absolute Gasteiger partial charge is 0.510 e. The molecule has 0 fully saturated rings. The Balaban J connectivity index is 1.59. The zero-order chi connectivity index (χ0) is 19.1. The van der Waals surface area contributed by atoms with Crippen molar-refractivity contribution in [3.05, 3.63) is 30.2 Å². The van der Waals surface area contributed by atoms with Crippen LogP contribution in [0.1, 0.15) is 6.92 Å². The molecule has 0 unspecified atom stereocenters. The van der Waals surface area contributed by atoms with E-state index in [0.29, 0.717) is 30.4 Å². The van der Waals surface area contributed by atoms with Crippen LogP contribution in [0.4, 0.5) is 26.6 Å². The third kappa shape index (κ3) is 5.07. The molecule has 2 aromatic rings. The Morgan fingerprint density at radius 3 is 2.89 bits per heavy atom. The first-order chi connectivity index (χ1) is 13.2. The lowest BCUT2D eigenvalue weighted by atomic mass is 10.2. The number of carbonyl (C=O) groups excluding carboxylic acids is 1. The Bertz CT molecular complexity index is 806. The van der Waals surface area contributed by atoms with Crippen LogP contribution in [-0.4, -0.2) is 42.7 Å². The van der Waals surface area contributed by atoms with E-state index < -0.39 is 18.8 Å². The number of nitrogens with one attached hydrogen (secondary N) is 2. The smallest absolute Gasteiger partial charge is 0.486 e. The van der Waals surface area contributed by atoms with E-state index in [-0.39, 0.29) is 18.4 Å². The predicted molar refractivity (Wildman–Crippen MR) is 90.4 cm³/mol. The van der Waals surface area contributed by atoms with E-state index in [1.165, 1.54) is 0 Å². The molecule has 3 rings (SSSR count). The number of halogens is 1. The molecule has 11 heteroatoms. The Hall–Kier alpha value is -3.34. The zero-order valence-corrected chi connectivity index (χ0v) is 14.4. The molecule has 1 aromatic heterocycles. The number of hydrogen-bond donors (Lipinski definition) is 2. The van der Waals surface area contributed by atoms with Gasteiger partial charge >= 0.3 is 6.16 Å². The summed E-state index contributed by atoms with van der Waals surface area (Å²) in [6.07, 6.45) is 0.0888. The molecule has 1 aromatic carbocycles. The van der Waals surface area contributed by atoms with Gasteiger partial charge in [0.15, 0.2) is 23.1 Å². The summed E-state index contributed by atoms with van der Waals surface area (Å²) in [4.78, 5) is 23.5. The summed E-state index contributed by atoms with van der Waals surface area (Å²) in [5, 5.41) is 2.83. The summed E-state index contributed by atoms with van der Waals surface area (Å²) in [7, 11) is 0. The van der Waals surface area contributed by atoms with E-state index in [4.69, 9.17) is 14.3 Å². The topological polar surface area (TPSA) is 113 Å². The summed E-state index contributed by atoms with van der Waals surface area (Å²) < 4.78 is 34.0. The molecular weight excluding hydrogens is 363 g/mol. The number of aromatic nitrogens is 2. The van der Waals surface area contributed by atoms with Gasteiger partial charge in [0.2, 0.25) is 12.7 Å². The zero-order valence-electron chi connectivity index (χ0n) is 14.4. The Morgan fingerprint density at radius 2 is 2.07 bits per heavy atom. The normalized spacial score (nSPS) is 12.2. The fraction of sp³-hybridized carbons (Fsp3) is 0.312. The minimum atomic E-state index is -0.875. The van der Waals surface area contributed by atoms with Crippen LogP contribution in [0.5, 0.6) is 11.5 Å². The maximum absolute atomic E-state index is 14.0. The van der Waals surface area contributed by atoms with Crippen molar-refractivity contribution in [2.45, 2.75) is 6.92 Å². The van der Waals surface area contributed by atoms with Crippen LogP contribution in [0.15, 0.2) is 24.4 Å². The van der Waals surface area contributed by atoms with Crippen LogP contribution in [0, 0.1) is 5.82 Å². The fourth-order valence-corrected chi connectivity index (χ4v) is 2.09. The molecule has 1 aliphatic heterocycles. The van der Waals surface area contributed by atoms with Crippen LogP contribution in [0.2, 0.25) is 0 Å². The second kappa shape index (κ2) is 8.85. The molecule has 0 atom stereocenters. The van der Waals surface area contributed by atoms with E-state index >= 15 is 0 Å². The summed E-state index contributed by atoms with van der Waals surface area (Å²) in [5.41, 5.74) is 2.89. The molecular formula is C16H17FN4O6. The van der Waals surface area contributed by atoms with Gasteiger partial charge in [-0.2, -0.15) is 4.98 Å². The van der Waals surface area contributed by atoms with Gasteiger partial charge in [0.1, 0.15) is 13.2 Å². The first kappa shape index (κ1) is 18.5. The van der Waals surface area contributed by atoms with E-state index in [0.717, 1.165) is 6.20 Å². The molecule has 0 saturated heterocycles. The summed E-state index contributed by atoms with van der Waals surface area (Å²) >= 11 is 0. The summed E-state index contributed by atoms with van der Waals surface area (Å²) in [6.45, 7) is 2.31. The molecule has 10 nitrogen and oxygen atoms in total. The Labute approximate surface area is 153 Å². The average Bonchev–Trinajstić information content (AvgIpc) is 2.68. The van der Waals surface area contributed by atoms with Crippen molar-refractivity contribution < 1.29 is 33.0 Å². The van der Waals surface area contributed by atoms with Gasteiger partial charge in [-0.3, -0.25) is 0 Å². The first-order valence-electron chi connectivity index (χ1n) is 8.02. The molecule has 0 amide bonds. The molecule has 2 N–H and O–H groups in total. The van der Waals surface area contributed by atoms with Crippen LogP contribution in [-0.2, 0) is 14.3 Å². The van der Waals surface area contributed by atoms with E-state index in [9.17, 15) is 9.18 Å². The van der Waals surface area contributed by atoms with Gasteiger partial charge in [-0.1, -0.05) is 0 Å². The molecule has 1 aliphatic rings. The SMILES string of the molecule is CCOC(=O)OCONc1ncc(F)c(Nc2ccc3c(c2)OCCO3)n1. The number of fused-ring (bicyclic) bond motifs is 1. The third-order valence-corrected chi connectivity index (χ3v) is 3.21. The lowest BCUT2D eigenvalue weighted by Gasteiger charge is -2.19. The molecule has 144 valence electrons. The van der Waals surface area contributed by atoms with Crippen LogP contribution >= 0.6 is 0 Å². The standard InChI is InChI=1S/C16H17FN4O6/c1-2-23-16(22)26-9-27-21-15-18-8-11(17)14(20-15)19-10-3-4-12-13(7-10)25-6-5-24-12/h3-4,7-8H,2,5-6,9H2,1H3,(H2,18,19,20,21). The fourth-order valence-electron chi connectivity index (χ4n) is 2.09. The maximum atomic E-state index is 14.0. The number of hydrogen-bond acceptors (Lipinski definition) is 10. The van der Waals surface area contributed by atoms with Gasteiger partial charge in [-0.05, 0) is 19.1 Å². The van der Waals surface area contributed by atoms with E-state index in [1.807, 2.05) is 0 Å². The number of rotatable bonds is 7. The van der Waals surface area contributed by atoms with Gasteiger partial charge in [0.25, 0.3) is 0 Å². The summed E-state index contributed by atoms with van der Waals surface area (Å²) in [5.74, 6) is 0.382. The summed E-state index contributed by atoms with van der Waals surface area (Å²) in [6, 6.07) is 5.09. The number of benzene rings is 1. The monoisotopic (exact) mass is 380 g/mol. The molecule has 0 spiro atoms. The number of nitrogens with zero attached hydrogens (tertiary/aromatic N) is 2. The van der Waals surface area contributed by atoms with Gasteiger partial charge in [0, 0.05) is 11.8 Å². The highest BCUT2D eigenvalue weighted by atomic mass is 19.1. The molecule has 27 heavy (non-hydrogen) atoms. The highest BCUT2D eigenvalue weighted by molar-refractivity contribution is 5.62. The third-order valence-electron chi connectivity index (χ3n) is 3.21. The van der Waals surface area contributed by atoms with Crippen molar-refractivity contribution in [1.82, 2.24) is 9.97 Å². The van der Waals surface area contributed by atoms with E-state index in [1.54, 1.807) is 25.1 Å². The van der Waals surface area contributed by atoms with Crippen molar-refractivity contribution in [3.8, 4) is 11.5 Å². The average molecular weight is 380 g/mol. The minimum absolute atomic E-state index is 0.0381. The van der Waals surface area contributed by atoms with Gasteiger partial charge in [0.05, 0.1) is 12.8 Å². The number of carbonyl (C=O) groups is 1. The second-order valence-electron chi connectivity index (χ2n) is 5.07. The molecule has 2 heterocycles. The van der Waals surface area contributed by atoms with Gasteiger partial charge in [-0.15, -0.1) is 0 Å². The molecule has 0 aliphatic carbocycles. The van der Waals surface area contributed by atoms with Crippen molar-refractivity contribution in [1.29, 1.82) is 0 Å². The Kier molecular flexibility index (Phi) is 6.05. The van der Waals surface area contributed by atoms with Crippen LogP contribution in [0.25, 0.3) is 0 Å². The van der Waals surface area contributed by atoms with Crippen LogP contribution in [0.3, 0.4) is 0 Å². The highest BCUT2D eigenvalue weighted by Crippen LogP contribution is 2.33.